The topological polar surface area (TPSA) is 158 Å². The van der Waals surface area contributed by atoms with E-state index in [-0.39, 0.29) is 11.8 Å². The molecule has 2 heterocycles. The third kappa shape index (κ3) is 10.1. The van der Waals surface area contributed by atoms with Crippen LogP contribution < -0.4 is 22.1 Å². The normalized spacial score (nSPS) is 12.0. The molecule has 2 aromatic heterocycles. The number of nitrogens with two attached hydrogens (primary N) is 2. The van der Waals surface area contributed by atoms with E-state index in [9.17, 15) is 14.4 Å². The monoisotopic (exact) mass is 565 g/mol. The highest BCUT2D eigenvalue weighted by atomic mass is 16.2. The molecule has 0 aliphatic heterocycles. The molecule has 41 heavy (non-hydrogen) atoms. The molecule has 0 saturated carbocycles. The molecule has 0 aliphatic carbocycles. The minimum atomic E-state index is -0.408. The van der Waals surface area contributed by atoms with Crippen LogP contribution in [0.2, 0.25) is 0 Å². The second kappa shape index (κ2) is 17.3. The van der Waals surface area contributed by atoms with Gasteiger partial charge in [-0.2, -0.15) is 0 Å². The van der Waals surface area contributed by atoms with Gasteiger partial charge in [0.05, 0.1) is 17.1 Å². The van der Waals surface area contributed by atoms with E-state index in [1.54, 1.807) is 0 Å². The Labute approximate surface area is 243 Å². The lowest BCUT2D eigenvalue weighted by Crippen LogP contribution is -2.25. The molecule has 224 valence electrons. The van der Waals surface area contributed by atoms with Crippen molar-refractivity contribution in [3.8, 4) is 0 Å². The van der Waals surface area contributed by atoms with Gasteiger partial charge in [-0.1, -0.05) is 38.0 Å². The van der Waals surface area contributed by atoms with Gasteiger partial charge in [0.25, 0.3) is 0 Å². The molecule has 10 heteroatoms. The van der Waals surface area contributed by atoms with Gasteiger partial charge in [0.2, 0.25) is 11.8 Å². The summed E-state index contributed by atoms with van der Waals surface area (Å²) in [5.74, 6) is 1.61. The molecule has 0 saturated heterocycles. The number of nitrogen functional groups attached to an aromatic ring is 1. The number of para-hydroxylation sites is 1. The van der Waals surface area contributed by atoms with Gasteiger partial charge in [-0.15, -0.1) is 0 Å². The fourth-order valence-electron chi connectivity index (χ4n) is 5.02. The fraction of sp³-hybridized carbons (Fsp3) is 0.581. The zero-order chi connectivity index (χ0) is 29.5. The number of unbranched alkanes of at least 4 members (excludes halogenated alkanes) is 5. The Morgan fingerprint density at radius 2 is 1.61 bits per heavy atom. The third-order valence-corrected chi connectivity index (χ3v) is 7.34. The summed E-state index contributed by atoms with van der Waals surface area (Å²) in [5.41, 5.74) is 14.5. The maximum atomic E-state index is 12.3. The van der Waals surface area contributed by atoms with E-state index in [0.29, 0.717) is 38.2 Å². The Balaban J connectivity index is 1.34. The number of hydrogen-bond acceptors (Lipinski definition) is 7. The van der Waals surface area contributed by atoms with Crippen molar-refractivity contribution in [2.24, 2.45) is 5.73 Å². The maximum absolute atomic E-state index is 12.3. The highest BCUT2D eigenvalue weighted by Gasteiger charge is 2.17. The summed E-state index contributed by atoms with van der Waals surface area (Å²) in [6.07, 6.45) is 11.2. The molecule has 1 atom stereocenters. The second-order valence-electron chi connectivity index (χ2n) is 10.8. The number of anilines is 1. The fourth-order valence-corrected chi connectivity index (χ4v) is 5.02. The number of aromatic nitrogens is 3. The van der Waals surface area contributed by atoms with Crippen LogP contribution in [0, 0.1) is 0 Å². The molecule has 10 nitrogen and oxygen atoms in total. The first-order valence-electron chi connectivity index (χ1n) is 15.2. The van der Waals surface area contributed by atoms with Gasteiger partial charge in [0, 0.05) is 44.3 Å². The highest BCUT2D eigenvalue weighted by molar-refractivity contribution is 6.06. The van der Waals surface area contributed by atoms with E-state index in [1.165, 1.54) is 0 Å². The van der Waals surface area contributed by atoms with Gasteiger partial charge < -0.3 is 31.5 Å². The van der Waals surface area contributed by atoms with E-state index in [4.69, 9.17) is 16.5 Å². The first kappa shape index (κ1) is 32.0. The van der Waals surface area contributed by atoms with Gasteiger partial charge in [-0.05, 0) is 57.4 Å². The number of aldehydes is 1. The van der Waals surface area contributed by atoms with Crippen molar-refractivity contribution in [2.75, 3.05) is 18.8 Å². The van der Waals surface area contributed by atoms with Gasteiger partial charge in [0.1, 0.15) is 17.6 Å². The minimum absolute atomic E-state index is 0.0320. The number of imidazole rings is 1. The number of hydrogen-bond donors (Lipinski definition) is 4. The average Bonchev–Trinajstić information content (AvgIpc) is 3.34. The van der Waals surface area contributed by atoms with Gasteiger partial charge >= 0.3 is 0 Å². The molecule has 0 radical (unpaired) electrons. The van der Waals surface area contributed by atoms with Crippen molar-refractivity contribution in [1.29, 1.82) is 0 Å². The number of nitrogens with one attached hydrogen (secondary N) is 2. The lowest BCUT2D eigenvalue weighted by Gasteiger charge is -2.11. The predicted octanol–water partition coefficient (Wildman–Crippen LogP) is 4.17. The number of aryl methyl sites for hydroxylation is 2. The highest BCUT2D eigenvalue weighted by Crippen LogP contribution is 2.29. The Morgan fingerprint density at radius 1 is 0.927 bits per heavy atom. The molecule has 0 spiro atoms. The number of benzene rings is 1. The van der Waals surface area contributed by atoms with E-state index in [2.05, 4.69) is 33.2 Å². The Hall–Kier alpha value is -3.53. The lowest BCUT2D eigenvalue weighted by atomic mass is 10.1. The van der Waals surface area contributed by atoms with Crippen molar-refractivity contribution >= 4 is 45.9 Å². The van der Waals surface area contributed by atoms with Crippen molar-refractivity contribution in [2.45, 2.75) is 103 Å². The summed E-state index contributed by atoms with van der Waals surface area (Å²) in [6.45, 7) is 4.23. The van der Waals surface area contributed by atoms with Gasteiger partial charge in [-0.25, -0.2) is 9.97 Å². The molecule has 0 aliphatic rings. The van der Waals surface area contributed by atoms with Crippen LogP contribution in [0.4, 0.5) is 5.82 Å². The first-order chi connectivity index (χ1) is 19.9. The molecule has 1 unspecified atom stereocenters. The quantitative estimate of drug-likeness (QED) is 0.118. The smallest absolute Gasteiger partial charge is 0.219 e. The summed E-state index contributed by atoms with van der Waals surface area (Å²) in [7, 11) is 0. The summed E-state index contributed by atoms with van der Waals surface area (Å²) in [5, 5.41) is 7.00. The van der Waals surface area contributed by atoms with Crippen LogP contribution in [-0.2, 0) is 27.3 Å². The standard InChI is InChI=1S/C31H47N7O3/c1-2-3-16-26-37-29-30(24-14-7-8-15-25(24)36-31(29)33)38(26)21-12-11-20-35-28(41)18-6-4-5-17-27(40)34-19-10-9-13-23(32)22-39/h7-8,14-15,22-23H,2-6,9-13,16-21,32H2,1H3,(H2,33,36)(H,34,40)(H,35,41). The van der Waals surface area contributed by atoms with E-state index < -0.39 is 6.04 Å². The van der Waals surface area contributed by atoms with Crippen LogP contribution >= 0.6 is 0 Å². The number of pyridine rings is 1. The van der Waals surface area contributed by atoms with E-state index in [1.807, 2.05) is 18.2 Å². The van der Waals surface area contributed by atoms with Crippen molar-refractivity contribution in [1.82, 2.24) is 25.2 Å². The van der Waals surface area contributed by atoms with Crippen LogP contribution in [0.5, 0.6) is 0 Å². The molecular weight excluding hydrogens is 518 g/mol. The first-order valence-corrected chi connectivity index (χ1v) is 15.2. The SMILES string of the molecule is CCCCc1nc2c(N)nc3ccccc3c2n1CCCCNC(=O)CCCCCC(=O)NCCCCC(N)C=O. The van der Waals surface area contributed by atoms with Crippen LogP contribution in [0.1, 0.15) is 89.8 Å². The number of amides is 2. The van der Waals surface area contributed by atoms with Crippen LogP contribution in [0.15, 0.2) is 24.3 Å². The second-order valence-corrected chi connectivity index (χ2v) is 10.8. The van der Waals surface area contributed by atoms with Gasteiger partial charge in [0.15, 0.2) is 5.82 Å². The molecular formula is C31H47N7O3. The average molecular weight is 566 g/mol. The summed E-state index contributed by atoms with van der Waals surface area (Å²) < 4.78 is 2.30. The summed E-state index contributed by atoms with van der Waals surface area (Å²) in [4.78, 5) is 44.1. The Morgan fingerprint density at radius 3 is 2.29 bits per heavy atom. The van der Waals surface area contributed by atoms with Crippen LogP contribution in [-0.4, -0.2) is 51.8 Å². The summed E-state index contributed by atoms with van der Waals surface area (Å²) >= 11 is 0. The Kier molecular flexibility index (Phi) is 13.5. The third-order valence-electron chi connectivity index (χ3n) is 7.34. The van der Waals surface area contributed by atoms with Crippen LogP contribution in [0.25, 0.3) is 21.9 Å². The van der Waals surface area contributed by atoms with Crippen molar-refractivity contribution < 1.29 is 14.4 Å². The van der Waals surface area contributed by atoms with Crippen molar-refractivity contribution in [3.05, 3.63) is 30.1 Å². The zero-order valence-electron chi connectivity index (χ0n) is 24.5. The minimum Gasteiger partial charge on any atom is -0.382 e. The van der Waals surface area contributed by atoms with E-state index in [0.717, 1.165) is 105 Å². The molecule has 3 rings (SSSR count). The number of carbonyl (C=O) groups excluding carboxylic acids is 3. The molecule has 2 amide bonds. The number of fused-ring (bicyclic) bond motifs is 3. The number of rotatable bonds is 20. The molecule has 3 aromatic rings. The van der Waals surface area contributed by atoms with Gasteiger partial charge in [-0.3, -0.25) is 9.59 Å². The zero-order valence-corrected chi connectivity index (χ0v) is 24.5. The predicted molar refractivity (Wildman–Crippen MR) is 164 cm³/mol. The molecule has 0 fully saturated rings. The molecule has 1 aromatic carbocycles. The van der Waals surface area contributed by atoms with E-state index >= 15 is 0 Å². The number of nitrogens with zero attached hydrogens (tertiary/aromatic N) is 3. The molecule has 6 N–H and O–H groups in total. The number of carbonyl (C=O) groups is 3. The largest absolute Gasteiger partial charge is 0.382 e. The Bertz CT molecular complexity index is 1270. The molecule has 0 bridgehead atoms. The summed E-state index contributed by atoms with van der Waals surface area (Å²) in [6, 6.07) is 7.64. The lowest BCUT2D eigenvalue weighted by molar-refractivity contribution is -0.121. The van der Waals surface area contributed by atoms with Crippen LogP contribution in [0.3, 0.4) is 0 Å². The maximum Gasteiger partial charge on any atom is 0.219 e. The van der Waals surface area contributed by atoms with Crippen molar-refractivity contribution in [3.63, 3.8) is 0 Å².